The van der Waals surface area contributed by atoms with E-state index >= 15 is 0 Å². The fourth-order valence-corrected chi connectivity index (χ4v) is 2.68. The number of aromatic nitrogens is 2. The maximum absolute atomic E-state index is 13.7. The maximum atomic E-state index is 13.7. The van der Waals surface area contributed by atoms with Gasteiger partial charge in [0, 0.05) is 25.5 Å². The smallest absolute Gasteiger partial charge is 0.259 e. The molecule has 8 heteroatoms. The van der Waals surface area contributed by atoms with E-state index in [1.807, 2.05) is 0 Å². The Hall–Kier alpha value is -2.61. The number of halogens is 2. The number of benzene rings is 1. The summed E-state index contributed by atoms with van der Waals surface area (Å²) in [7, 11) is 0. The van der Waals surface area contributed by atoms with Gasteiger partial charge < -0.3 is 15.3 Å². The Labute approximate surface area is 137 Å². The molecular formula is C16H16F2N4O2. The van der Waals surface area contributed by atoms with Crippen LogP contribution in [-0.4, -0.2) is 51.1 Å². The number of piperidine rings is 1. The van der Waals surface area contributed by atoms with Crippen LogP contribution in [0.15, 0.2) is 36.7 Å². The van der Waals surface area contributed by atoms with Crippen molar-refractivity contribution in [1.82, 2.24) is 14.9 Å². The van der Waals surface area contributed by atoms with Gasteiger partial charge in [-0.25, -0.2) is 18.7 Å². The quantitative estimate of drug-likeness (QED) is 0.888. The van der Waals surface area contributed by atoms with Gasteiger partial charge in [0.05, 0.1) is 12.1 Å². The summed E-state index contributed by atoms with van der Waals surface area (Å²) in [6, 6.07) is 4.60. The largest absolute Gasteiger partial charge is 0.389 e. The zero-order valence-electron chi connectivity index (χ0n) is 12.7. The summed E-state index contributed by atoms with van der Waals surface area (Å²) in [4.78, 5) is 21.6. The molecule has 0 spiro atoms. The summed E-state index contributed by atoms with van der Waals surface area (Å²) in [5.74, 6) is -2.21. The molecule has 1 aromatic carbocycles. The van der Waals surface area contributed by atoms with E-state index < -0.39 is 29.2 Å². The van der Waals surface area contributed by atoms with Crippen molar-refractivity contribution in [2.75, 3.05) is 18.4 Å². The van der Waals surface area contributed by atoms with Crippen LogP contribution in [0.3, 0.4) is 0 Å². The van der Waals surface area contributed by atoms with Gasteiger partial charge in [0.2, 0.25) is 5.95 Å². The summed E-state index contributed by atoms with van der Waals surface area (Å²) in [5, 5.41) is 13.2. The highest BCUT2D eigenvalue weighted by Gasteiger charge is 2.32. The molecule has 0 unspecified atom stereocenters. The van der Waals surface area contributed by atoms with Gasteiger partial charge in [-0.05, 0) is 24.6 Å². The highest BCUT2D eigenvalue weighted by atomic mass is 19.1. The van der Waals surface area contributed by atoms with Crippen molar-refractivity contribution in [3.63, 3.8) is 0 Å². The molecule has 0 aliphatic carbocycles. The Morgan fingerprint density at radius 3 is 2.50 bits per heavy atom. The highest BCUT2D eigenvalue weighted by Crippen LogP contribution is 2.20. The molecule has 1 aliphatic heterocycles. The zero-order valence-corrected chi connectivity index (χ0v) is 12.7. The van der Waals surface area contributed by atoms with Gasteiger partial charge in [0.15, 0.2) is 0 Å². The van der Waals surface area contributed by atoms with Crippen molar-refractivity contribution in [3.8, 4) is 0 Å². The van der Waals surface area contributed by atoms with E-state index in [-0.39, 0.29) is 19.1 Å². The van der Waals surface area contributed by atoms with Crippen LogP contribution in [0.1, 0.15) is 16.8 Å². The third-order valence-electron chi connectivity index (χ3n) is 3.93. The second-order valence-corrected chi connectivity index (χ2v) is 5.53. The predicted octanol–water partition coefficient (Wildman–Crippen LogP) is 1.44. The molecule has 0 saturated carbocycles. The normalized spacial score (nSPS) is 20.7. The summed E-state index contributed by atoms with van der Waals surface area (Å²) in [6.45, 7) is 0.227. The number of amides is 1. The van der Waals surface area contributed by atoms with E-state index in [2.05, 4.69) is 15.3 Å². The molecule has 126 valence electrons. The van der Waals surface area contributed by atoms with Crippen LogP contribution in [0.2, 0.25) is 0 Å². The molecule has 1 aromatic heterocycles. The number of anilines is 1. The molecule has 2 N–H and O–H groups in total. The number of hydrogen-bond donors (Lipinski definition) is 2. The first-order valence-corrected chi connectivity index (χ1v) is 7.51. The second-order valence-electron chi connectivity index (χ2n) is 5.53. The van der Waals surface area contributed by atoms with Gasteiger partial charge in [-0.3, -0.25) is 4.79 Å². The van der Waals surface area contributed by atoms with E-state index in [0.29, 0.717) is 12.4 Å². The Bertz CT molecular complexity index is 709. The first kappa shape index (κ1) is 16.3. The molecule has 24 heavy (non-hydrogen) atoms. The number of aliphatic hydroxyl groups is 1. The fourth-order valence-electron chi connectivity index (χ4n) is 2.68. The SMILES string of the molecule is O=C(c1c(F)cccc1F)N1CC[C@@H](Nc2ncccn2)[C@H](O)C1. The van der Waals surface area contributed by atoms with Crippen LogP contribution in [0.4, 0.5) is 14.7 Å². The molecule has 2 atom stereocenters. The Morgan fingerprint density at radius 1 is 1.21 bits per heavy atom. The Kier molecular flexibility index (Phi) is 4.66. The number of likely N-dealkylation sites (tertiary alicyclic amines) is 1. The van der Waals surface area contributed by atoms with Gasteiger partial charge in [-0.2, -0.15) is 0 Å². The summed E-state index contributed by atoms with van der Waals surface area (Å²) >= 11 is 0. The van der Waals surface area contributed by atoms with Gasteiger partial charge in [-0.1, -0.05) is 6.07 Å². The minimum absolute atomic E-state index is 0.0306. The van der Waals surface area contributed by atoms with Gasteiger partial charge in [-0.15, -0.1) is 0 Å². The molecular weight excluding hydrogens is 318 g/mol. The van der Waals surface area contributed by atoms with Crippen LogP contribution < -0.4 is 5.32 Å². The Balaban J connectivity index is 1.68. The third kappa shape index (κ3) is 3.33. The lowest BCUT2D eigenvalue weighted by Gasteiger charge is -2.36. The van der Waals surface area contributed by atoms with Crippen molar-refractivity contribution in [2.45, 2.75) is 18.6 Å². The van der Waals surface area contributed by atoms with E-state index in [0.717, 1.165) is 12.1 Å². The molecule has 1 amide bonds. The molecule has 0 bridgehead atoms. The zero-order chi connectivity index (χ0) is 17.1. The van der Waals surface area contributed by atoms with Crippen LogP contribution in [0.5, 0.6) is 0 Å². The van der Waals surface area contributed by atoms with E-state index in [9.17, 15) is 18.7 Å². The summed E-state index contributed by atoms with van der Waals surface area (Å²) in [6.07, 6.45) is 2.64. The highest BCUT2D eigenvalue weighted by molar-refractivity contribution is 5.94. The first-order valence-electron chi connectivity index (χ1n) is 7.51. The number of rotatable bonds is 3. The maximum Gasteiger partial charge on any atom is 0.259 e. The van der Waals surface area contributed by atoms with Crippen LogP contribution in [0, 0.1) is 11.6 Å². The monoisotopic (exact) mass is 334 g/mol. The van der Waals surface area contributed by atoms with Gasteiger partial charge in [0.25, 0.3) is 5.91 Å². The van der Waals surface area contributed by atoms with Crippen molar-refractivity contribution in [1.29, 1.82) is 0 Å². The molecule has 2 aromatic rings. The number of hydrogen-bond acceptors (Lipinski definition) is 5. The van der Waals surface area contributed by atoms with Crippen molar-refractivity contribution >= 4 is 11.9 Å². The van der Waals surface area contributed by atoms with Crippen LogP contribution in [-0.2, 0) is 0 Å². The minimum atomic E-state index is -0.910. The average molecular weight is 334 g/mol. The first-order chi connectivity index (χ1) is 11.6. The van der Waals surface area contributed by atoms with Crippen LogP contribution in [0.25, 0.3) is 0 Å². The molecule has 1 aliphatic rings. The number of β-amino-alcohol motifs (C(OH)–C–C–N with tert-alkyl or cyclic N) is 1. The molecule has 0 radical (unpaired) electrons. The number of nitrogens with zero attached hydrogens (tertiary/aromatic N) is 3. The lowest BCUT2D eigenvalue weighted by atomic mass is 10.0. The lowest BCUT2D eigenvalue weighted by Crippen LogP contribution is -2.52. The molecule has 1 saturated heterocycles. The van der Waals surface area contributed by atoms with Crippen molar-refractivity contribution in [2.24, 2.45) is 0 Å². The van der Waals surface area contributed by atoms with Gasteiger partial charge in [0.1, 0.15) is 17.2 Å². The molecule has 3 rings (SSSR count). The average Bonchev–Trinajstić information content (AvgIpc) is 2.57. The molecule has 1 fully saturated rings. The lowest BCUT2D eigenvalue weighted by molar-refractivity contribution is 0.0418. The standard InChI is InChI=1S/C16H16F2N4O2/c17-10-3-1-4-11(18)14(10)15(24)22-8-5-12(13(23)9-22)21-16-19-6-2-7-20-16/h1-4,6-7,12-13,23H,5,8-9H2,(H,19,20,21)/t12-,13-/m1/s1. The summed E-state index contributed by atoms with van der Waals surface area (Å²) < 4.78 is 27.5. The number of carbonyl (C=O) groups is 1. The second kappa shape index (κ2) is 6.88. The topological polar surface area (TPSA) is 78.4 Å². The van der Waals surface area contributed by atoms with Crippen molar-refractivity contribution in [3.05, 3.63) is 53.9 Å². The van der Waals surface area contributed by atoms with E-state index in [1.54, 1.807) is 18.5 Å². The van der Waals surface area contributed by atoms with Crippen molar-refractivity contribution < 1.29 is 18.7 Å². The molecule has 2 heterocycles. The third-order valence-corrected chi connectivity index (χ3v) is 3.93. The van der Waals surface area contributed by atoms with E-state index in [4.69, 9.17) is 0 Å². The number of carbonyl (C=O) groups excluding carboxylic acids is 1. The fraction of sp³-hybridized carbons (Fsp3) is 0.312. The Morgan fingerprint density at radius 2 is 1.88 bits per heavy atom. The number of aliphatic hydroxyl groups excluding tert-OH is 1. The van der Waals surface area contributed by atoms with Crippen LogP contribution >= 0.6 is 0 Å². The minimum Gasteiger partial charge on any atom is -0.389 e. The molecule has 6 nitrogen and oxygen atoms in total. The predicted molar refractivity (Wildman–Crippen MR) is 82.3 cm³/mol. The summed E-state index contributed by atoms with van der Waals surface area (Å²) in [5.41, 5.74) is -0.595. The van der Waals surface area contributed by atoms with E-state index in [1.165, 1.54) is 11.0 Å². The van der Waals surface area contributed by atoms with Gasteiger partial charge >= 0.3 is 0 Å². The number of nitrogens with one attached hydrogen (secondary N) is 1.